The fourth-order valence-electron chi connectivity index (χ4n) is 11.3. The molecule has 0 radical (unpaired) electrons. The van der Waals surface area contributed by atoms with Gasteiger partial charge in [-0.2, -0.15) is 5.10 Å². The Labute approximate surface area is 486 Å². The number of H-pyrrole nitrogens is 1. The summed E-state index contributed by atoms with van der Waals surface area (Å²) in [5.74, 6) is -2.65. The first-order valence-electron chi connectivity index (χ1n) is 29.5. The molecular formula is C64H83N9O10. The minimum Gasteiger partial charge on any atom is -0.508 e. The Hall–Kier alpha value is -7.64. The van der Waals surface area contributed by atoms with E-state index >= 15 is 0 Å². The number of carbonyl (C=O) groups excluding carboxylic acids is 6. The van der Waals surface area contributed by atoms with E-state index in [0.717, 1.165) is 16.7 Å². The van der Waals surface area contributed by atoms with Crippen LogP contribution in [0.15, 0.2) is 102 Å². The minimum atomic E-state index is -1.09. The summed E-state index contributed by atoms with van der Waals surface area (Å²) in [5.41, 5.74) is 2.85. The van der Waals surface area contributed by atoms with Gasteiger partial charge in [-0.05, 0) is 130 Å². The van der Waals surface area contributed by atoms with Gasteiger partial charge in [0.15, 0.2) is 11.6 Å². The molecule has 83 heavy (non-hydrogen) atoms. The lowest BCUT2D eigenvalue weighted by atomic mass is 9.91. The van der Waals surface area contributed by atoms with Gasteiger partial charge >= 0.3 is 5.69 Å². The molecular weight excluding hydrogens is 1050 g/mol. The molecule has 4 heterocycles. The van der Waals surface area contributed by atoms with Crippen LogP contribution in [0.4, 0.5) is 0 Å². The van der Waals surface area contributed by atoms with Crippen LogP contribution in [0.5, 0.6) is 11.5 Å². The molecule has 19 heteroatoms. The highest BCUT2D eigenvalue weighted by Crippen LogP contribution is 2.38. The SMILES string of the molecule is CC(C)C[C@H](NC(=O)[C@H](CCc1ccccc1)NC(=O)C1CCN(C(=O)C2CCN(Cc3ccc(-n4c(-c5cc(C(C)C)c(O)cc5O)n[nH]c4=O)cc3)CC2)CC1)C(=O)N[C@@H](Cc1ccccc1)C(=O)N[C@@H](CC(C)C)C(=O)[C@@]1(C)CO1. The Morgan fingerprint density at radius 1 is 0.663 bits per heavy atom. The second-order valence-electron chi connectivity index (χ2n) is 24.2. The number of nitrogens with one attached hydrogen (secondary N) is 5. The number of ether oxygens (including phenoxy) is 1. The molecule has 1 aromatic heterocycles. The number of ketones is 1. The van der Waals surface area contributed by atoms with E-state index in [0.29, 0.717) is 88.1 Å². The van der Waals surface area contributed by atoms with Gasteiger partial charge in [-0.1, -0.05) is 114 Å². The van der Waals surface area contributed by atoms with Crippen LogP contribution in [0, 0.1) is 23.7 Å². The molecule has 3 aliphatic rings. The fourth-order valence-corrected chi connectivity index (χ4v) is 11.3. The highest BCUT2D eigenvalue weighted by Gasteiger charge is 2.50. The molecule has 5 aromatic rings. The number of aromatic nitrogens is 3. The normalized spacial score (nSPS) is 18.3. The zero-order valence-electron chi connectivity index (χ0n) is 49.0. The number of phenolic OH excluding ortho intramolecular Hbond substituents is 2. The zero-order chi connectivity index (χ0) is 59.5. The first kappa shape index (κ1) is 61.4. The predicted molar refractivity (Wildman–Crippen MR) is 315 cm³/mol. The number of Topliss-reactive ketones (excluding diaryl/α,β-unsaturated/α-hetero) is 1. The molecule has 4 aromatic carbocycles. The van der Waals surface area contributed by atoms with Crippen molar-refractivity contribution in [3.63, 3.8) is 0 Å². The quantitative estimate of drug-likeness (QED) is 0.0310. The number of rotatable bonds is 25. The third-order valence-electron chi connectivity index (χ3n) is 16.3. The van der Waals surface area contributed by atoms with Gasteiger partial charge < -0.3 is 41.1 Å². The van der Waals surface area contributed by atoms with E-state index in [4.69, 9.17) is 4.74 Å². The van der Waals surface area contributed by atoms with Crippen LogP contribution >= 0.6 is 0 Å². The Kier molecular flexibility index (Phi) is 20.4. The number of phenols is 2. The number of nitrogens with zero attached hydrogens (tertiary/aromatic N) is 4. The van der Waals surface area contributed by atoms with Crippen molar-refractivity contribution >= 4 is 35.3 Å². The maximum atomic E-state index is 14.5. The number of carbonyl (C=O) groups is 6. The monoisotopic (exact) mass is 1140 g/mol. The highest BCUT2D eigenvalue weighted by atomic mass is 16.6. The molecule has 5 amide bonds. The van der Waals surface area contributed by atoms with Crippen molar-refractivity contribution in [1.29, 1.82) is 0 Å². The Morgan fingerprint density at radius 3 is 1.82 bits per heavy atom. The molecule has 3 fully saturated rings. The second-order valence-corrected chi connectivity index (χ2v) is 24.2. The molecule has 8 rings (SSSR count). The number of aryl methyl sites for hydroxylation is 1. The average Bonchev–Trinajstić information content (AvgIpc) is 4.19. The lowest BCUT2D eigenvalue weighted by molar-refractivity contribution is -0.141. The summed E-state index contributed by atoms with van der Waals surface area (Å²) in [6, 6.07) is 25.4. The molecule has 0 unspecified atom stereocenters. The Bertz CT molecular complexity index is 3100. The van der Waals surface area contributed by atoms with E-state index in [9.17, 15) is 43.8 Å². The molecule has 3 aliphatic heterocycles. The van der Waals surface area contributed by atoms with Crippen LogP contribution < -0.4 is 27.0 Å². The van der Waals surface area contributed by atoms with Gasteiger partial charge in [0.05, 0.1) is 23.9 Å². The number of likely N-dealkylation sites (tertiary alicyclic amines) is 2. The van der Waals surface area contributed by atoms with Crippen molar-refractivity contribution in [3.8, 4) is 28.6 Å². The van der Waals surface area contributed by atoms with Crippen molar-refractivity contribution in [1.82, 2.24) is 45.8 Å². The van der Waals surface area contributed by atoms with Gasteiger partial charge in [-0.3, -0.25) is 33.7 Å². The van der Waals surface area contributed by atoms with Gasteiger partial charge in [0, 0.05) is 44.0 Å². The van der Waals surface area contributed by atoms with E-state index < -0.39 is 59.1 Å². The largest absolute Gasteiger partial charge is 0.508 e. The third kappa shape index (κ3) is 16.1. The van der Waals surface area contributed by atoms with Gasteiger partial charge in [-0.15, -0.1) is 0 Å². The second kappa shape index (κ2) is 27.6. The number of piperidine rings is 2. The molecule has 0 bridgehead atoms. The third-order valence-corrected chi connectivity index (χ3v) is 16.3. The number of benzene rings is 4. The summed E-state index contributed by atoms with van der Waals surface area (Å²) < 4.78 is 6.85. The standard InChI is InChI=1S/C64H83N9O10/c1-39(2)32-51(56(76)64(7)38-83-64)66-61(80)53(34-43-16-12-9-13-17-43)68-60(79)52(33-40(3)4)67-59(78)50(23-20-42-14-10-8-11-15-42)65-58(77)45-26-30-72(31-27-45)62(81)46-24-28-71(29-25-46)37-44-18-21-47(22-19-44)73-57(69-70-63(73)82)49-35-48(41(5)6)54(74)36-55(49)75/h8-19,21-22,35-36,39-41,45-46,50-53,74-75H,20,23-34,37-38H2,1-7H3,(H,65,77)(H,66,80)(H,67,78)(H,68,79)(H,70,82)/t50-,51-,52-,53-,64+/m0/s1. The molecule has 0 saturated carbocycles. The van der Waals surface area contributed by atoms with Gasteiger partial charge in [-0.25, -0.2) is 14.5 Å². The van der Waals surface area contributed by atoms with E-state index in [2.05, 4.69) is 36.4 Å². The number of epoxide rings is 1. The average molecular weight is 1140 g/mol. The first-order chi connectivity index (χ1) is 39.7. The van der Waals surface area contributed by atoms with Crippen LogP contribution in [0.25, 0.3) is 17.1 Å². The topological polar surface area (TPSA) is 261 Å². The summed E-state index contributed by atoms with van der Waals surface area (Å²) in [4.78, 5) is 102. The number of hydrogen-bond donors (Lipinski definition) is 7. The summed E-state index contributed by atoms with van der Waals surface area (Å²) in [7, 11) is 0. The van der Waals surface area contributed by atoms with E-state index in [1.807, 2.05) is 131 Å². The highest BCUT2D eigenvalue weighted by molar-refractivity contribution is 5.99. The number of aromatic hydroxyl groups is 2. The fraction of sp³-hybridized carbons (Fsp3) is 0.500. The maximum absolute atomic E-state index is 14.5. The molecule has 3 saturated heterocycles. The maximum Gasteiger partial charge on any atom is 0.348 e. The Balaban J connectivity index is 0.858. The molecule has 19 nitrogen and oxygen atoms in total. The van der Waals surface area contributed by atoms with Gasteiger partial charge in [0.2, 0.25) is 29.5 Å². The predicted octanol–water partition coefficient (Wildman–Crippen LogP) is 6.48. The smallest absolute Gasteiger partial charge is 0.348 e. The van der Waals surface area contributed by atoms with Crippen molar-refractivity contribution in [2.75, 3.05) is 32.8 Å². The Morgan fingerprint density at radius 2 is 1.22 bits per heavy atom. The van der Waals surface area contributed by atoms with Crippen molar-refractivity contribution in [2.45, 2.75) is 148 Å². The molecule has 0 spiro atoms. The van der Waals surface area contributed by atoms with Gasteiger partial charge in [0.25, 0.3) is 0 Å². The van der Waals surface area contributed by atoms with E-state index in [-0.39, 0.29) is 84.5 Å². The van der Waals surface area contributed by atoms with Crippen LogP contribution in [-0.2, 0) is 52.9 Å². The summed E-state index contributed by atoms with van der Waals surface area (Å²) in [6.07, 6.45) is 3.73. The lowest BCUT2D eigenvalue weighted by Crippen LogP contribution is -2.59. The van der Waals surface area contributed by atoms with Crippen molar-refractivity contribution < 1.29 is 43.7 Å². The van der Waals surface area contributed by atoms with Crippen LogP contribution in [0.2, 0.25) is 0 Å². The van der Waals surface area contributed by atoms with E-state index in [1.54, 1.807) is 13.0 Å². The summed E-state index contributed by atoms with van der Waals surface area (Å²) in [5, 5.41) is 39.7. The molecule has 7 N–H and O–H groups in total. The lowest BCUT2D eigenvalue weighted by Gasteiger charge is -2.37. The van der Waals surface area contributed by atoms with Crippen LogP contribution in [0.3, 0.4) is 0 Å². The van der Waals surface area contributed by atoms with Crippen molar-refractivity contribution in [3.05, 3.63) is 130 Å². The van der Waals surface area contributed by atoms with Gasteiger partial charge in [0.1, 0.15) is 35.2 Å². The van der Waals surface area contributed by atoms with E-state index in [1.165, 1.54) is 10.6 Å². The summed E-state index contributed by atoms with van der Waals surface area (Å²) >= 11 is 0. The zero-order valence-corrected chi connectivity index (χ0v) is 49.0. The number of aromatic amines is 1. The number of hydrogen-bond acceptors (Lipinski definition) is 12. The summed E-state index contributed by atoms with van der Waals surface area (Å²) in [6.45, 7) is 16.5. The first-order valence-corrected chi connectivity index (χ1v) is 29.5. The minimum absolute atomic E-state index is 0.0338. The molecule has 5 atom stereocenters. The van der Waals surface area contributed by atoms with Crippen molar-refractivity contribution in [2.24, 2.45) is 23.7 Å². The number of amides is 5. The molecule has 0 aliphatic carbocycles. The van der Waals surface area contributed by atoms with Crippen LogP contribution in [-0.4, -0.2) is 133 Å². The molecule has 444 valence electrons. The van der Waals surface area contributed by atoms with Crippen LogP contribution in [0.1, 0.15) is 122 Å².